The molecule has 5 nitrogen and oxygen atoms in total. The summed E-state index contributed by atoms with van der Waals surface area (Å²) in [6, 6.07) is 19.1. The number of hydrogen-bond donors (Lipinski definition) is 1. The van der Waals surface area contributed by atoms with Gasteiger partial charge in [-0.15, -0.1) is 11.8 Å². The summed E-state index contributed by atoms with van der Waals surface area (Å²) >= 11 is 17.6. The van der Waals surface area contributed by atoms with Crippen molar-refractivity contribution in [3.05, 3.63) is 92.4 Å². The van der Waals surface area contributed by atoms with Crippen molar-refractivity contribution in [2.24, 2.45) is 0 Å². The lowest BCUT2D eigenvalue weighted by molar-refractivity contribution is -0.125. The number of rotatable bonds is 7. The molecule has 3 aromatic rings. The number of halogens is 3. The van der Waals surface area contributed by atoms with Crippen molar-refractivity contribution in [3.63, 3.8) is 0 Å². The number of thioether (sulfide) groups is 1. The molecule has 1 unspecified atom stereocenters. The fraction of sp³-hybridized carbons (Fsp3) is 0.269. The summed E-state index contributed by atoms with van der Waals surface area (Å²) in [6.45, 7) is 4.48. The van der Waals surface area contributed by atoms with Crippen LogP contribution in [0.25, 0.3) is 0 Å². The highest BCUT2D eigenvalue weighted by atomic mass is 79.9. The van der Waals surface area contributed by atoms with Crippen LogP contribution in [0.5, 0.6) is 0 Å². The Morgan fingerprint density at radius 3 is 2.28 bits per heavy atom. The largest absolute Gasteiger partial charge is 0.353 e. The summed E-state index contributed by atoms with van der Waals surface area (Å²) in [5.74, 6) is -0.360. The van der Waals surface area contributed by atoms with E-state index in [9.17, 15) is 13.2 Å². The van der Waals surface area contributed by atoms with Crippen LogP contribution in [0, 0.1) is 0 Å². The first kappa shape index (κ1) is 27.5. The van der Waals surface area contributed by atoms with E-state index < -0.39 is 16.1 Å². The van der Waals surface area contributed by atoms with Crippen LogP contribution in [-0.4, -0.2) is 36.0 Å². The van der Waals surface area contributed by atoms with E-state index in [2.05, 4.69) is 21.2 Å². The standard InChI is InChI=1S/C26H25BrCl2N2O3S2/c1-26(2,35-20-12-10-19(27)11-13-20)16-30-25(32)23-14-17-6-3-4-7-18(17)15-31(23)36(33,34)24-21(28)8-5-9-22(24)29/h3-13,23H,14-16H2,1-2H3,(H,30,32). The molecule has 4 rings (SSSR count). The molecule has 36 heavy (non-hydrogen) atoms. The van der Waals surface area contributed by atoms with E-state index in [4.69, 9.17) is 23.2 Å². The summed E-state index contributed by atoms with van der Waals surface area (Å²) in [7, 11) is -4.17. The van der Waals surface area contributed by atoms with E-state index in [1.165, 1.54) is 16.4 Å². The molecule has 1 N–H and O–H groups in total. The molecule has 1 aliphatic heterocycles. The normalized spacial score (nSPS) is 16.4. The number of nitrogens with zero attached hydrogens (tertiary/aromatic N) is 1. The van der Waals surface area contributed by atoms with Crippen molar-refractivity contribution in [1.29, 1.82) is 0 Å². The van der Waals surface area contributed by atoms with E-state index in [1.807, 2.05) is 62.4 Å². The van der Waals surface area contributed by atoms with Gasteiger partial charge in [0.15, 0.2) is 0 Å². The first-order valence-electron chi connectivity index (χ1n) is 11.2. The third-order valence-electron chi connectivity index (χ3n) is 5.89. The van der Waals surface area contributed by atoms with Gasteiger partial charge in [-0.1, -0.05) is 69.5 Å². The number of fused-ring (bicyclic) bond motifs is 1. The monoisotopic (exact) mass is 626 g/mol. The topological polar surface area (TPSA) is 66.5 Å². The lowest BCUT2D eigenvalue weighted by Crippen LogP contribution is -2.53. The summed E-state index contributed by atoms with van der Waals surface area (Å²) in [6.07, 6.45) is 0.254. The minimum absolute atomic E-state index is 0.0209. The van der Waals surface area contributed by atoms with E-state index >= 15 is 0 Å². The first-order chi connectivity index (χ1) is 17.0. The van der Waals surface area contributed by atoms with Gasteiger partial charge in [-0.3, -0.25) is 4.79 Å². The molecule has 10 heteroatoms. The molecule has 3 aromatic carbocycles. The molecule has 0 bridgehead atoms. The number of nitrogens with one attached hydrogen (secondary N) is 1. The van der Waals surface area contributed by atoms with Crippen LogP contribution in [0.4, 0.5) is 0 Å². The fourth-order valence-corrected chi connectivity index (χ4v) is 8.08. The predicted molar refractivity (Wildman–Crippen MR) is 150 cm³/mol. The third kappa shape index (κ3) is 6.11. The molecular weight excluding hydrogens is 603 g/mol. The van der Waals surface area contributed by atoms with E-state index in [0.717, 1.165) is 20.5 Å². The van der Waals surface area contributed by atoms with Gasteiger partial charge in [0, 0.05) is 27.2 Å². The van der Waals surface area contributed by atoms with Crippen LogP contribution in [0.3, 0.4) is 0 Å². The first-order valence-corrected chi connectivity index (χ1v) is 15.0. The number of carbonyl (C=O) groups is 1. The van der Waals surface area contributed by atoms with Crippen LogP contribution in [0.2, 0.25) is 10.0 Å². The molecule has 1 atom stereocenters. The zero-order chi connectivity index (χ0) is 26.1. The second kappa shape index (κ2) is 11.1. The molecule has 0 radical (unpaired) electrons. The summed E-state index contributed by atoms with van der Waals surface area (Å²) < 4.78 is 29.5. The van der Waals surface area contributed by atoms with Crippen molar-refractivity contribution in [3.8, 4) is 0 Å². The minimum atomic E-state index is -4.17. The molecule has 0 fully saturated rings. The predicted octanol–water partition coefficient (Wildman–Crippen LogP) is 6.56. The minimum Gasteiger partial charge on any atom is -0.353 e. The fourth-order valence-electron chi connectivity index (χ4n) is 4.10. The average Bonchev–Trinajstić information content (AvgIpc) is 2.83. The van der Waals surface area contributed by atoms with E-state index in [0.29, 0.717) is 6.54 Å². The highest BCUT2D eigenvalue weighted by Crippen LogP contribution is 2.36. The molecule has 0 saturated heterocycles. The quantitative estimate of drug-likeness (QED) is 0.301. The van der Waals surface area contributed by atoms with Gasteiger partial charge in [0.1, 0.15) is 10.9 Å². The summed E-state index contributed by atoms with van der Waals surface area (Å²) in [5.41, 5.74) is 1.79. The Bertz CT molecular complexity index is 1360. The van der Waals surface area contributed by atoms with Crippen LogP contribution >= 0.6 is 50.9 Å². The Hall–Kier alpha value is -1.55. The Balaban J connectivity index is 1.60. The van der Waals surface area contributed by atoms with Crippen molar-refractivity contribution in [2.45, 2.75) is 47.4 Å². The Morgan fingerprint density at radius 1 is 1.03 bits per heavy atom. The van der Waals surface area contributed by atoms with Gasteiger partial charge in [-0.05, 0) is 67.8 Å². The third-order valence-corrected chi connectivity index (χ3v) is 10.4. The van der Waals surface area contributed by atoms with Gasteiger partial charge in [-0.25, -0.2) is 8.42 Å². The Morgan fingerprint density at radius 2 is 1.64 bits per heavy atom. The second-order valence-corrected chi connectivity index (χ2v) is 14.5. The summed E-state index contributed by atoms with van der Waals surface area (Å²) in [4.78, 5) is 14.4. The summed E-state index contributed by atoms with van der Waals surface area (Å²) in [5, 5.41) is 3.04. The number of sulfonamides is 1. The zero-order valence-electron chi connectivity index (χ0n) is 19.7. The van der Waals surface area contributed by atoms with Gasteiger partial charge in [0.25, 0.3) is 0 Å². The van der Waals surface area contributed by atoms with Crippen LogP contribution < -0.4 is 5.32 Å². The smallest absolute Gasteiger partial charge is 0.247 e. The van der Waals surface area contributed by atoms with Crippen LogP contribution in [-0.2, 0) is 27.8 Å². The molecule has 0 aromatic heterocycles. The maximum Gasteiger partial charge on any atom is 0.247 e. The van der Waals surface area contributed by atoms with Crippen LogP contribution in [0.1, 0.15) is 25.0 Å². The SMILES string of the molecule is CC(C)(CNC(=O)C1Cc2ccccc2CN1S(=O)(=O)c1c(Cl)cccc1Cl)Sc1ccc(Br)cc1. The van der Waals surface area contributed by atoms with E-state index in [1.54, 1.807) is 17.8 Å². The number of amides is 1. The van der Waals surface area contributed by atoms with Crippen molar-refractivity contribution >= 4 is 66.8 Å². The van der Waals surface area contributed by atoms with E-state index in [-0.39, 0.29) is 38.6 Å². The molecule has 190 valence electrons. The highest BCUT2D eigenvalue weighted by molar-refractivity contribution is 9.10. The van der Waals surface area contributed by atoms with Crippen LogP contribution in [0.15, 0.2) is 81.0 Å². The maximum atomic E-state index is 13.8. The molecule has 1 heterocycles. The molecule has 1 amide bonds. The Kier molecular flexibility index (Phi) is 8.44. The maximum absolute atomic E-state index is 13.8. The molecule has 0 aliphatic carbocycles. The lowest BCUT2D eigenvalue weighted by Gasteiger charge is -2.36. The second-order valence-electron chi connectivity index (χ2n) is 9.12. The highest BCUT2D eigenvalue weighted by Gasteiger charge is 2.41. The van der Waals surface area contributed by atoms with Gasteiger partial charge in [0.05, 0.1) is 10.0 Å². The molecule has 1 aliphatic rings. The number of hydrogen-bond acceptors (Lipinski definition) is 4. The van der Waals surface area contributed by atoms with Gasteiger partial charge >= 0.3 is 0 Å². The average molecular weight is 628 g/mol. The molecular formula is C26H25BrCl2N2O3S2. The van der Waals surface area contributed by atoms with Crippen molar-refractivity contribution < 1.29 is 13.2 Å². The Labute approximate surface area is 234 Å². The van der Waals surface area contributed by atoms with Crippen molar-refractivity contribution in [2.75, 3.05) is 6.54 Å². The lowest BCUT2D eigenvalue weighted by atomic mass is 9.95. The zero-order valence-corrected chi connectivity index (χ0v) is 24.4. The number of benzene rings is 3. The van der Waals surface area contributed by atoms with Crippen molar-refractivity contribution in [1.82, 2.24) is 9.62 Å². The number of carbonyl (C=O) groups excluding carboxylic acids is 1. The van der Waals surface area contributed by atoms with Gasteiger partial charge in [0.2, 0.25) is 15.9 Å². The van der Waals surface area contributed by atoms with Gasteiger partial charge < -0.3 is 5.32 Å². The molecule has 0 saturated carbocycles. The molecule has 0 spiro atoms. The van der Waals surface area contributed by atoms with Gasteiger partial charge in [-0.2, -0.15) is 4.31 Å².